The van der Waals surface area contributed by atoms with Crippen LogP contribution in [-0.2, 0) is 4.79 Å². The van der Waals surface area contributed by atoms with Gasteiger partial charge in [-0.25, -0.2) is 0 Å². The van der Waals surface area contributed by atoms with Crippen LogP contribution in [0.3, 0.4) is 0 Å². The molecule has 2 heteroatoms. The molecule has 2 aromatic rings. The Labute approximate surface area is 152 Å². The monoisotopic (exact) mass is 348 g/mol. The number of carbonyl (C=O) groups excluding carboxylic acids is 1. The maximum absolute atomic E-state index is 12.5. The highest BCUT2D eigenvalue weighted by molar-refractivity contribution is 6.90. The van der Waals surface area contributed by atoms with E-state index >= 15 is 0 Å². The van der Waals surface area contributed by atoms with Gasteiger partial charge in [0, 0.05) is 12.3 Å². The van der Waals surface area contributed by atoms with Crippen molar-refractivity contribution in [2.24, 2.45) is 5.92 Å². The lowest BCUT2D eigenvalue weighted by Crippen LogP contribution is -2.41. The highest BCUT2D eigenvalue weighted by atomic mass is 28.3. The fraction of sp³-hybridized carbons (Fsp3) is 0.348. The van der Waals surface area contributed by atoms with Crippen LogP contribution in [0.25, 0.3) is 0 Å². The molecule has 0 spiro atoms. The van der Waals surface area contributed by atoms with E-state index in [4.69, 9.17) is 0 Å². The maximum atomic E-state index is 12.5. The van der Waals surface area contributed by atoms with Gasteiger partial charge in [-0.2, -0.15) is 0 Å². The number of hydrogen-bond acceptors (Lipinski definition) is 1. The molecule has 0 heterocycles. The average molecular weight is 349 g/mol. The van der Waals surface area contributed by atoms with E-state index in [1.807, 2.05) is 6.07 Å². The highest BCUT2D eigenvalue weighted by Crippen LogP contribution is 2.39. The molecule has 0 radical (unpaired) electrons. The minimum Gasteiger partial charge on any atom is -0.299 e. The molecule has 0 aromatic heterocycles. The second kappa shape index (κ2) is 7.53. The zero-order valence-electron chi connectivity index (χ0n) is 15.4. The first-order valence-corrected chi connectivity index (χ1v) is 12.5. The molecule has 1 aliphatic rings. The normalized spacial score (nSPS) is 20.6. The number of Topliss-reactive ketones (excluding diaryl/α,β-unsaturated/α-hetero) is 1. The maximum Gasteiger partial charge on any atom is 0.136 e. The Hall–Kier alpha value is -1.93. The number of ketones is 1. The molecule has 1 fully saturated rings. The second-order valence-electron chi connectivity index (χ2n) is 8.09. The summed E-state index contributed by atoms with van der Waals surface area (Å²) in [4.78, 5) is 12.5. The van der Waals surface area contributed by atoms with Crippen molar-refractivity contribution in [3.63, 3.8) is 0 Å². The van der Waals surface area contributed by atoms with E-state index in [0.717, 1.165) is 18.9 Å². The summed E-state index contributed by atoms with van der Waals surface area (Å²) in [5, 5.41) is 1.47. The molecule has 2 atom stereocenters. The van der Waals surface area contributed by atoms with Crippen LogP contribution in [0.5, 0.6) is 0 Å². The third kappa shape index (κ3) is 4.38. The Morgan fingerprint density at radius 2 is 1.64 bits per heavy atom. The van der Waals surface area contributed by atoms with Crippen molar-refractivity contribution in [3.05, 3.63) is 78.4 Å². The van der Waals surface area contributed by atoms with Crippen molar-refractivity contribution in [1.82, 2.24) is 0 Å². The first-order chi connectivity index (χ1) is 12.0. The molecule has 0 saturated heterocycles. The molecule has 25 heavy (non-hydrogen) atoms. The average Bonchev–Trinajstić information content (AvgIpc) is 2.96. The van der Waals surface area contributed by atoms with Gasteiger partial charge in [-0.05, 0) is 30.4 Å². The van der Waals surface area contributed by atoms with Gasteiger partial charge in [0.25, 0.3) is 0 Å². The van der Waals surface area contributed by atoms with Crippen LogP contribution in [0, 0.1) is 5.92 Å². The molecule has 0 bridgehead atoms. The molecule has 3 rings (SSSR count). The Bertz CT molecular complexity index is 733. The summed E-state index contributed by atoms with van der Waals surface area (Å²) < 4.78 is 0. The van der Waals surface area contributed by atoms with Crippen LogP contribution < -0.4 is 5.19 Å². The van der Waals surface area contributed by atoms with Crippen LogP contribution in [0.1, 0.15) is 30.7 Å². The summed E-state index contributed by atoms with van der Waals surface area (Å²) in [6.45, 7) is 9.14. The Morgan fingerprint density at radius 1 is 1.04 bits per heavy atom. The predicted molar refractivity (Wildman–Crippen MR) is 109 cm³/mol. The summed E-state index contributed by atoms with van der Waals surface area (Å²) in [5.74, 6) is 0.985. The van der Waals surface area contributed by atoms with E-state index in [9.17, 15) is 4.79 Å². The molecule has 0 unspecified atom stereocenters. The first-order valence-electron chi connectivity index (χ1n) is 9.25. The molecule has 0 amide bonds. The summed E-state index contributed by atoms with van der Waals surface area (Å²) in [7, 11) is -1.53. The van der Waals surface area contributed by atoms with Crippen molar-refractivity contribution >= 4 is 19.0 Å². The second-order valence-corrected chi connectivity index (χ2v) is 12.8. The summed E-state index contributed by atoms with van der Waals surface area (Å²) in [6, 6.07) is 22.4. The van der Waals surface area contributed by atoms with E-state index in [-0.39, 0.29) is 5.92 Å². The molecule has 1 saturated carbocycles. The third-order valence-electron chi connectivity index (χ3n) is 5.53. The first kappa shape index (κ1) is 17.9. The van der Waals surface area contributed by atoms with E-state index < -0.39 is 8.07 Å². The van der Waals surface area contributed by atoms with Gasteiger partial charge in [0.2, 0.25) is 0 Å². The Morgan fingerprint density at radius 3 is 2.28 bits per heavy atom. The van der Waals surface area contributed by atoms with Gasteiger partial charge < -0.3 is 0 Å². The van der Waals surface area contributed by atoms with Gasteiger partial charge in [-0.3, -0.25) is 4.79 Å². The Kier molecular flexibility index (Phi) is 5.38. The summed E-state index contributed by atoms with van der Waals surface area (Å²) >= 11 is 0. The van der Waals surface area contributed by atoms with Crippen molar-refractivity contribution in [1.29, 1.82) is 0 Å². The largest absolute Gasteiger partial charge is 0.299 e. The van der Waals surface area contributed by atoms with Crippen LogP contribution in [0.4, 0.5) is 0 Å². The topological polar surface area (TPSA) is 17.1 Å². The fourth-order valence-corrected chi connectivity index (χ4v) is 6.87. The van der Waals surface area contributed by atoms with Gasteiger partial charge in [0.05, 0.1) is 8.07 Å². The predicted octanol–water partition coefficient (Wildman–Crippen LogP) is 5.31. The molecule has 1 nitrogen and oxygen atoms in total. The van der Waals surface area contributed by atoms with Crippen molar-refractivity contribution in [2.75, 3.05) is 0 Å². The van der Waals surface area contributed by atoms with E-state index in [2.05, 4.69) is 74.3 Å². The van der Waals surface area contributed by atoms with Gasteiger partial charge in [0.15, 0.2) is 0 Å². The SMILES string of the molecule is C=C(C[C@H]1C[C@H](c2ccccc2)CC1=O)C[Si](C)(C)c1ccccc1. The zero-order chi connectivity index (χ0) is 17.9. The summed E-state index contributed by atoms with van der Waals surface area (Å²) in [5.41, 5.74) is 2.57. The molecular formula is C23H28OSi. The Balaban J connectivity index is 1.61. The number of rotatable bonds is 6. The van der Waals surface area contributed by atoms with Crippen molar-refractivity contribution in [2.45, 2.75) is 44.3 Å². The smallest absolute Gasteiger partial charge is 0.136 e. The van der Waals surface area contributed by atoms with Crippen LogP contribution in [0.15, 0.2) is 72.8 Å². The molecule has 2 aromatic carbocycles. The minimum atomic E-state index is -1.53. The van der Waals surface area contributed by atoms with Crippen molar-refractivity contribution in [3.8, 4) is 0 Å². The van der Waals surface area contributed by atoms with E-state index in [0.29, 0.717) is 18.1 Å². The van der Waals surface area contributed by atoms with Crippen molar-refractivity contribution < 1.29 is 4.79 Å². The van der Waals surface area contributed by atoms with Crippen LogP contribution in [0.2, 0.25) is 19.1 Å². The number of allylic oxidation sites excluding steroid dienone is 1. The van der Waals surface area contributed by atoms with Gasteiger partial charge in [0.1, 0.15) is 5.78 Å². The molecule has 0 N–H and O–H groups in total. The number of hydrogen-bond donors (Lipinski definition) is 0. The van der Waals surface area contributed by atoms with E-state index in [1.54, 1.807) is 0 Å². The standard InChI is InChI=1S/C23H28OSi/c1-18(17-25(2,3)22-12-8-5-9-13-22)14-21-15-20(16-23(21)24)19-10-6-4-7-11-19/h4-13,20-21H,1,14-17H2,2-3H3/t20-,21-/m0/s1. The van der Waals surface area contributed by atoms with E-state index in [1.165, 1.54) is 16.3 Å². The number of benzene rings is 2. The minimum absolute atomic E-state index is 0.165. The summed E-state index contributed by atoms with van der Waals surface area (Å²) in [6.07, 6.45) is 2.54. The van der Waals surface area contributed by atoms with Gasteiger partial charge in [-0.1, -0.05) is 84.5 Å². The molecule has 1 aliphatic carbocycles. The third-order valence-corrected chi connectivity index (χ3v) is 8.81. The zero-order valence-corrected chi connectivity index (χ0v) is 16.4. The quantitative estimate of drug-likeness (QED) is 0.510. The van der Waals surface area contributed by atoms with Crippen LogP contribution in [-0.4, -0.2) is 13.9 Å². The van der Waals surface area contributed by atoms with Gasteiger partial charge >= 0.3 is 0 Å². The highest BCUT2D eigenvalue weighted by Gasteiger charge is 2.34. The molecule has 0 aliphatic heterocycles. The lowest BCUT2D eigenvalue weighted by molar-refractivity contribution is -0.120. The lowest BCUT2D eigenvalue weighted by atomic mass is 9.94. The molecular weight excluding hydrogens is 320 g/mol. The number of carbonyl (C=O) groups is 1. The van der Waals surface area contributed by atoms with Crippen LogP contribution >= 0.6 is 0 Å². The fourth-order valence-electron chi connectivity index (χ4n) is 4.18. The lowest BCUT2D eigenvalue weighted by Gasteiger charge is -2.25. The molecule has 130 valence electrons. The van der Waals surface area contributed by atoms with Gasteiger partial charge in [-0.15, -0.1) is 6.58 Å².